The molecule has 1 aromatic heterocycles. The number of hydrogen-bond acceptors (Lipinski definition) is 3. The fourth-order valence-corrected chi connectivity index (χ4v) is 2.24. The molecule has 0 fully saturated rings. The number of aliphatic hydroxyl groups is 1. The molecule has 0 saturated heterocycles. The topological polar surface area (TPSA) is 49.3 Å². The van der Waals surface area contributed by atoms with Crippen LogP contribution in [0, 0.1) is 11.8 Å². The summed E-state index contributed by atoms with van der Waals surface area (Å²) < 4.78 is 0. The number of nitrogens with one attached hydrogen (secondary N) is 1. The maximum atomic E-state index is 11.8. The first-order valence-electron chi connectivity index (χ1n) is 5.67. The summed E-state index contributed by atoms with van der Waals surface area (Å²) in [5.41, 5.74) is 0. The highest BCUT2D eigenvalue weighted by Gasteiger charge is 2.10. The van der Waals surface area contributed by atoms with E-state index >= 15 is 0 Å². The van der Waals surface area contributed by atoms with Crippen molar-refractivity contribution in [3.8, 4) is 11.8 Å². The van der Waals surface area contributed by atoms with Gasteiger partial charge in [0.1, 0.15) is 6.61 Å². The second-order valence-electron chi connectivity index (χ2n) is 3.79. The van der Waals surface area contributed by atoms with E-state index in [4.69, 9.17) is 5.11 Å². The second kappa shape index (κ2) is 7.10. The minimum Gasteiger partial charge on any atom is -0.384 e. The van der Waals surface area contributed by atoms with Gasteiger partial charge in [0.2, 0.25) is 0 Å². The van der Waals surface area contributed by atoms with Crippen molar-refractivity contribution in [1.29, 1.82) is 0 Å². The monoisotopic (exact) mass is 251 g/mol. The molecule has 1 amide bonds. The Bertz CT molecular complexity index is 428. The fraction of sp³-hybridized carbons (Fsp3) is 0.462. The Labute approximate surface area is 106 Å². The highest BCUT2D eigenvalue weighted by Crippen LogP contribution is 2.15. The van der Waals surface area contributed by atoms with Crippen LogP contribution in [0.5, 0.6) is 0 Å². The van der Waals surface area contributed by atoms with Gasteiger partial charge in [0.25, 0.3) is 5.91 Å². The van der Waals surface area contributed by atoms with Crippen molar-refractivity contribution in [2.45, 2.75) is 32.7 Å². The molecule has 1 atom stereocenters. The Morgan fingerprint density at radius 3 is 3.00 bits per heavy atom. The van der Waals surface area contributed by atoms with Gasteiger partial charge in [-0.1, -0.05) is 25.2 Å². The van der Waals surface area contributed by atoms with E-state index in [1.54, 1.807) is 12.1 Å². The Morgan fingerprint density at radius 2 is 2.35 bits per heavy atom. The summed E-state index contributed by atoms with van der Waals surface area (Å²) in [5, 5.41) is 11.5. The number of rotatable bonds is 4. The molecule has 0 aliphatic heterocycles. The zero-order valence-corrected chi connectivity index (χ0v) is 10.9. The third kappa shape index (κ3) is 4.59. The van der Waals surface area contributed by atoms with Gasteiger partial charge in [-0.15, -0.1) is 11.3 Å². The van der Waals surface area contributed by atoms with Crippen molar-refractivity contribution in [2.24, 2.45) is 0 Å². The highest BCUT2D eigenvalue weighted by molar-refractivity contribution is 7.14. The highest BCUT2D eigenvalue weighted by atomic mass is 32.1. The van der Waals surface area contributed by atoms with Crippen molar-refractivity contribution in [1.82, 2.24) is 5.32 Å². The lowest BCUT2D eigenvalue weighted by Gasteiger charge is -2.11. The first-order chi connectivity index (χ1) is 8.17. The van der Waals surface area contributed by atoms with Gasteiger partial charge in [0.15, 0.2) is 0 Å². The number of aliphatic hydroxyl groups excluding tert-OH is 1. The van der Waals surface area contributed by atoms with E-state index in [9.17, 15) is 4.79 Å². The van der Waals surface area contributed by atoms with Gasteiger partial charge >= 0.3 is 0 Å². The number of carbonyl (C=O) groups excluding carboxylic acids is 1. The zero-order valence-electron chi connectivity index (χ0n) is 10.1. The molecular weight excluding hydrogens is 234 g/mol. The standard InChI is InChI=1S/C13H17NO2S/c1-3-5-10(2)14-13(16)12-8-7-11(17-12)6-4-9-15/h7-8,10,15H,3,5,9H2,1-2H3,(H,14,16). The lowest BCUT2D eigenvalue weighted by atomic mass is 10.2. The van der Waals surface area contributed by atoms with Crippen molar-refractivity contribution in [3.05, 3.63) is 21.9 Å². The Balaban J connectivity index is 2.60. The van der Waals surface area contributed by atoms with Crippen LogP contribution in [-0.4, -0.2) is 23.7 Å². The molecule has 92 valence electrons. The van der Waals surface area contributed by atoms with E-state index < -0.39 is 0 Å². The molecule has 4 heteroatoms. The van der Waals surface area contributed by atoms with Crippen molar-refractivity contribution in [3.63, 3.8) is 0 Å². The first-order valence-corrected chi connectivity index (χ1v) is 6.49. The van der Waals surface area contributed by atoms with Crippen LogP contribution >= 0.6 is 11.3 Å². The largest absolute Gasteiger partial charge is 0.384 e. The zero-order chi connectivity index (χ0) is 12.7. The van der Waals surface area contributed by atoms with E-state index in [0.29, 0.717) is 4.88 Å². The second-order valence-corrected chi connectivity index (χ2v) is 4.87. The molecule has 0 saturated carbocycles. The van der Waals surface area contributed by atoms with Crippen molar-refractivity contribution < 1.29 is 9.90 Å². The molecule has 0 aliphatic rings. The van der Waals surface area contributed by atoms with Gasteiger partial charge in [0.05, 0.1) is 9.75 Å². The van der Waals surface area contributed by atoms with Gasteiger partial charge in [-0.25, -0.2) is 0 Å². The van der Waals surface area contributed by atoms with E-state index in [2.05, 4.69) is 24.1 Å². The summed E-state index contributed by atoms with van der Waals surface area (Å²) in [6, 6.07) is 3.76. The molecule has 1 unspecified atom stereocenters. The minimum atomic E-state index is -0.160. The van der Waals surface area contributed by atoms with Gasteiger partial charge in [-0.2, -0.15) is 0 Å². The maximum absolute atomic E-state index is 11.8. The van der Waals surface area contributed by atoms with Gasteiger partial charge in [-0.3, -0.25) is 4.79 Å². The lowest BCUT2D eigenvalue weighted by Crippen LogP contribution is -2.31. The average Bonchev–Trinajstić information content (AvgIpc) is 2.75. The minimum absolute atomic E-state index is 0.0481. The van der Waals surface area contributed by atoms with Gasteiger partial charge in [-0.05, 0) is 25.5 Å². The van der Waals surface area contributed by atoms with Crippen molar-refractivity contribution >= 4 is 17.2 Å². The van der Waals surface area contributed by atoms with E-state index in [-0.39, 0.29) is 18.6 Å². The molecule has 0 radical (unpaired) electrons. The Morgan fingerprint density at radius 1 is 1.59 bits per heavy atom. The molecule has 0 aromatic carbocycles. The molecular formula is C13H17NO2S. The van der Waals surface area contributed by atoms with Crippen LogP contribution in [0.2, 0.25) is 0 Å². The summed E-state index contributed by atoms with van der Waals surface area (Å²) in [6.45, 7) is 3.94. The van der Waals surface area contributed by atoms with Crippen LogP contribution in [0.25, 0.3) is 0 Å². The molecule has 1 aromatic rings. The predicted octanol–water partition coefficient (Wildman–Crippen LogP) is 2.01. The van der Waals surface area contributed by atoms with Crippen LogP contribution in [0.1, 0.15) is 41.2 Å². The van der Waals surface area contributed by atoms with Gasteiger partial charge in [0, 0.05) is 6.04 Å². The number of thiophene rings is 1. The molecule has 0 spiro atoms. The van der Waals surface area contributed by atoms with Gasteiger partial charge < -0.3 is 10.4 Å². The van der Waals surface area contributed by atoms with Crippen LogP contribution in [0.15, 0.2) is 12.1 Å². The Kier molecular flexibility index (Phi) is 5.75. The number of carbonyl (C=O) groups is 1. The number of hydrogen-bond donors (Lipinski definition) is 2. The average molecular weight is 251 g/mol. The fourth-order valence-electron chi connectivity index (χ4n) is 1.45. The Hall–Kier alpha value is -1.31. The van der Waals surface area contributed by atoms with Crippen LogP contribution < -0.4 is 5.32 Å². The summed E-state index contributed by atoms with van der Waals surface area (Å²) in [7, 11) is 0. The third-order valence-electron chi connectivity index (χ3n) is 2.22. The normalized spacial score (nSPS) is 11.5. The molecule has 0 aliphatic carbocycles. The van der Waals surface area contributed by atoms with Crippen LogP contribution in [0.3, 0.4) is 0 Å². The lowest BCUT2D eigenvalue weighted by molar-refractivity contribution is 0.0942. The van der Waals surface area contributed by atoms with E-state index in [1.165, 1.54) is 11.3 Å². The predicted molar refractivity (Wildman–Crippen MR) is 70.1 cm³/mol. The number of amides is 1. The molecule has 0 bridgehead atoms. The molecule has 3 nitrogen and oxygen atoms in total. The molecule has 1 heterocycles. The smallest absolute Gasteiger partial charge is 0.261 e. The third-order valence-corrected chi connectivity index (χ3v) is 3.22. The maximum Gasteiger partial charge on any atom is 0.261 e. The van der Waals surface area contributed by atoms with E-state index in [1.807, 2.05) is 6.92 Å². The summed E-state index contributed by atoms with van der Waals surface area (Å²) in [4.78, 5) is 13.3. The summed E-state index contributed by atoms with van der Waals surface area (Å²) >= 11 is 1.34. The first kappa shape index (κ1) is 13.8. The molecule has 1 rings (SSSR count). The summed E-state index contributed by atoms with van der Waals surface area (Å²) in [6.07, 6.45) is 2.04. The molecule has 2 N–H and O–H groups in total. The summed E-state index contributed by atoms with van der Waals surface area (Å²) in [5.74, 6) is 5.30. The molecule has 17 heavy (non-hydrogen) atoms. The SMILES string of the molecule is CCCC(C)NC(=O)c1ccc(C#CCO)s1. The van der Waals surface area contributed by atoms with Crippen LogP contribution in [0.4, 0.5) is 0 Å². The van der Waals surface area contributed by atoms with Crippen LogP contribution in [-0.2, 0) is 0 Å². The van der Waals surface area contributed by atoms with E-state index in [0.717, 1.165) is 17.7 Å². The quantitative estimate of drug-likeness (QED) is 0.804. The van der Waals surface area contributed by atoms with Crippen molar-refractivity contribution in [2.75, 3.05) is 6.61 Å².